The highest BCUT2D eigenvalue weighted by Gasteiger charge is 2.35. The minimum absolute atomic E-state index is 0.323. The van der Waals surface area contributed by atoms with Gasteiger partial charge in [-0.2, -0.15) is 0 Å². The van der Waals surface area contributed by atoms with Crippen LogP contribution in [0.4, 0.5) is 4.79 Å². The summed E-state index contributed by atoms with van der Waals surface area (Å²) in [4.78, 5) is 52.4. The summed E-state index contributed by atoms with van der Waals surface area (Å²) in [6, 6.07) is 4.24. The number of carbonyl (C=O) groups excluding carboxylic acids is 4. The summed E-state index contributed by atoms with van der Waals surface area (Å²) in [6.07, 6.45) is 0.776. The van der Waals surface area contributed by atoms with Crippen LogP contribution in [-0.4, -0.2) is 60.6 Å². The van der Waals surface area contributed by atoms with E-state index in [0.29, 0.717) is 17.9 Å². The Morgan fingerprint density at radius 2 is 1.58 bits per heavy atom. The first-order chi connectivity index (χ1) is 16.7. The number of benzene rings is 1. The van der Waals surface area contributed by atoms with Crippen LogP contribution in [0.2, 0.25) is 0 Å². The van der Waals surface area contributed by atoms with Gasteiger partial charge in [-0.25, -0.2) is 4.79 Å². The van der Waals surface area contributed by atoms with Crippen LogP contribution in [-0.2, 0) is 23.9 Å². The molecule has 0 bridgehead atoms. The molecule has 0 aliphatic rings. The number of carbonyl (C=O) groups is 4. The van der Waals surface area contributed by atoms with E-state index in [-0.39, 0.29) is 19.1 Å². The van der Waals surface area contributed by atoms with E-state index >= 15 is 0 Å². The van der Waals surface area contributed by atoms with Crippen LogP contribution in [0.15, 0.2) is 18.2 Å². The van der Waals surface area contributed by atoms with Gasteiger partial charge in [-0.1, -0.05) is 32.0 Å². The fraction of sp³-hybridized carbons (Fsp3) is 0.630. The third kappa shape index (κ3) is 10.3. The Kier molecular flexibility index (Phi) is 11.9. The van der Waals surface area contributed by atoms with Gasteiger partial charge in [0.25, 0.3) is 0 Å². The minimum atomic E-state index is -1.01. The summed E-state index contributed by atoms with van der Waals surface area (Å²) in [5.41, 5.74) is 1.91. The zero-order valence-electron chi connectivity index (χ0n) is 23.2. The number of alkyl carbamates (subject to hydrolysis) is 1. The standard InChI is InChI=1S/C27H43N3O6/c1-17(2)10-12-20(5)30(22(31)15-29-26(34)36-27(6,7)8)24(25(33)28-16-23(32)35-9)21-13-11-18(3)19(4)14-21/h11,13-14,17,20,24H,10,12,15-16H2,1-9H3,(H,28,33)(H,29,34). The molecule has 0 fully saturated rings. The van der Waals surface area contributed by atoms with Gasteiger partial charge in [-0.3, -0.25) is 14.4 Å². The quantitative estimate of drug-likeness (QED) is 0.442. The van der Waals surface area contributed by atoms with Crippen LogP contribution in [0.1, 0.15) is 77.1 Å². The number of esters is 1. The molecule has 1 aromatic rings. The van der Waals surface area contributed by atoms with Crippen molar-refractivity contribution in [3.8, 4) is 0 Å². The van der Waals surface area contributed by atoms with Crippen LogP contribution in [0, 0.1) is 19.8 Å². The van der Waals surface area contributed by atoms with Crippen molar-refractivity contribution in [3.05, 3.63) is 34.9 Å². The van der Waals surface area contributed by atoms with Gasteiger partial charge in [0, 0.05) is 6.04 Å². The Labute approximate surface area is 215 Å². The third-order valence-corrected chi connectivity index (χ3v) is 5.72. The van der Waals surface area contributed by atoms with E-state index in [2.05, 4.69) is 29.2 Å². The molecule has 0 heterocycles. The zero-order chi connectivity index (χ0) is 27.6. The summed E-state index contributed by atoms with van der Waals surface area (Å²) in [5, 5.41) is 5.10. The average molecular weight is 506 g/mol. The largest absolute Gasteiger partial charge is 0.468 e. The molecule has 2 N–H and O–H groups in total. The topological polar surface area (TPSA) is 114 Å². The van der Waals surface area contributed by atoms with Gasteiger partial charge in [0.05, 0.1) is 7.11 Å². The summed E-state index contributed by atoms with van der Waals surface area (Å²) in [5.74, 6) is -1.14. The fourth-order valence-corrected chi connectivity index (χ4v) is 3.61. The lowest BCUT2D eigenvalue weighted by atomic mass is 9.96. The molecular formula is C27H43N3O6. The van der Waals surface area contributed by atoms with E-state index in [9.17, 15) is 19.2 Å². The second kappa shape index (κ2) is 13.8. The smallest absolute Gasteiger partial charge is 0.408 e. The number of aryl methyl sites for hydroxylation is 2. The molecule has 36 heavy (non-hydrogen) atoms. The lowest BCUT2D eigenvalue weighted by molar-refractivity contribution is -0.145. The number of hydrogen-bond donors (Lipinski definition) is 2. The Morgan fingerprint density at radius 1 is 0.944 bits per heavy atom. The van der Waals surface area contributed by atoms with Crippen molar-refractivity contribution in [3.63, 3.8) is 0 Å². The van der Waals surface area contributed by atoms with Crippen molar-refractivity contribution in [2.45, 2.75) is 85.9 Å². The number of hydrogen-bond acceptors (Lipinski definition) is 6. The predicted molar refractivity (Wildman–Crippen MR) is 138 cm³/mol. The van der Waals surface area contributed by atoms with Crippen molar-refractivity contribution < 1.29 is 28.7 Å². The molecule has 0 aliphatic heterocycles. The fourth-order valence-electron chi connectivity index (χ4n) is 3.61. The summed E-state index contributed by atoms with van der Waals surface area (Å²) < 4.78 is 9.90. The van der Waals surface area contributed by atoms with Crippen LogP contribution >= 0.6 is 0 Å². The van der Waals surface area contributed by atoms with E-state index in [4.69, 9.17) is 4.74 Å². The first-order valence-corrected chi connectivity index (χ1v) is 12.4. The lowest BCUT2D eigenvalue weighted by Crippen LogP contribution is -2.51. The maximum Gasteiger partial charge on any atom is 0.408 e. The second-order valence-electron chi connectivity index (χ2n) is 10.5. The maximum atomic E-state index is 13.5. The van der Waals surface area contributed by atoms with Gasteiger partial charge in [-0.05, 0) is 77.0 Å². The van der Waals surface area contributed by atoms with Gasteiger partial charge in [0.15, 0.2) is 0 Å². The van der Waals surface area contributed by atoms with Gasteiger partial charge in [0.1, 0.15) is 24.7 Å². The van der Waals surface area contributed by atoms with Crippen molar-refractivity contribution in [2.24, 2.45) is 5.92 Å². The second-order valence-corrected chi connectivity index (χ2v) is 10.5. The lowest BCUT2D eigenvalue weighted by Gasteiger charge is -2.37. The molecule has 9 nitrogen and oxygen atoms in total. The zero-order valence-corrected chi connectivity index (χ0v) is 23.2. The number of methoxy groups -OCH3 is 1. The highest BCUT2D eigenvalue weighted by Crippen LogP contribution is 2.28. The van der Waals surface area contributed by atoms with E-state index in [0.717, 1.165) is 17.5 Å². The molecule has 2 atom stereocenters. The Hall–Kier alpha value is -3.10. The van der Waals surface area contributed by atoms with Crippen LogP contribution in [0.5, 0.6) is 0 Å². The normalized spacial score (nSPS) is 12.9. The molecule has 0 spiro atoms. The SMILES string of the molecule is COC(=O)CNC(=O)C(c1ccc(C)c(C)c1)N(C(=O)CNC(=O)OC(C)(C)C)C(C)CCC(C)C. The molecule has 3 amide bonds. The average Bonchev–Trinajstić information content (AvgIpc) is 2.78. The Balaban J connectivity index is 3.39. The Bertz CT molecular complexity index is 923. The van der Waals surface area contributed by atoms with Crippen molar-refractivity contribution >= 4 is 23.9 Å². The first-order valence-electron chi connectivity index (χ1n) is 12.4. The molecule has 1 rings (SSSR count). The first kappa shape index (κ1) is 30.9. The van der Waals surface area contributed by atoms with Crippen LogP contribution in [0.3, 0.4) is 0 Å². The monoisotopic (exact) mass is 505 g/mol. The van der Waals surface area contributed by atoms with Gasteiger partial charge < -0.3 is 25.0 Å². The number of nitrogens with one attached hydrogen (secondary N) is 2. The number of nitrogens with zero attached hydrogens (tertiary/aromatic N) is 1. The molecule has 0 saturated carbocycles. The molecule has 0 saturated heterocycles. The van der Waals surface area contributed by atoms with Crippen molar-refractivity contribution in [1.29, 1.82) is 0 Å². The van der Waals surface area contributed by atoms with E-state index in [1.165, 1.54) is 12.0 Å². The summed E-state index contributed by atoms with van der Waals surface area (Å²) in [7, 11) is 1.24. The third-order valence-electron chi connectivity index (χ3n) is 5.72. The van der Waals surface area contributed by atoms with Gasteiger partial charge >= 0.3 is 12.1 Å². The highest BCUT2D eigenvalue weighted by molar-refractivity contribution is 5.92. The van der Waals surface area contributed by atoms with Gasteiger partial charge in [-0.15, -0.1) is 0 Å². The highest BCUT2D eigenvalue weighted by atomic mass is 16.6. The molecule has 0 aliphatic carbocycles. The molecule has 9 heteroatoms. The van der Waals surface area contributed by atoms with Crippen molar-refractivity contribution in [1.82, 2.24) is 15.5 Å². The number of ether oxygens (including phenoxy) is 2. The Morgan fingerprint density at radius 3 is 2.11 bits per heavy atom. The molecule has 2 unspecified atom stereocenters. The van der Waals surface area contributed by atoms with E-state index in [1.54, 1.807) is 20.8 Å². The predicted octanol–water partition coefficient (Wildman–Crippen LogP) is 3.81. The molecule has 0 aromatic heterocycles. The summed E-state index contributed by atoms with van der Waals surface area (Å²) >= 11 is 0. The van der Waals surface area contributed by atoms with Crippen LogP contribution < -0.4 is 10.6 Å². The number of amides is 3. The van der Waals surface area contributed by atoms with Crippen molar-refractivity contribution in [2.75, 3.05) is 20.2 Å². The van der Waals surface area contributed by atoms with E-state index in [1.807, 2.05) is 39.0 Å². The molecular weight excluding hydrogens is 462 g/mol. The molecule has 1 aromatic carbocycles. The van der Waals surface area contributed by atoms with Gasteiger partial charge in [0.2, 0.25) is 11.8 Å². The van der Waals surface area contributed by atoms with Crippen LogP contribution in [0.25, 0.3) is 0 Å². The van der Waals surface area contributed by atoms with E-state index < -0.39 is 35.5 Å². The summed E-state index contributed by atoms with van der Waals surface area (Å²) in [6.45, 7) is 14.5. The number of rotatable bonds is 11. The molecule has 0 radical (unpaired) electrons. The minimum Gasteiger partial charge on any atom is -0.468 e. The molecule has 202 valence electrons. The maximum absolute atomic E-state index is 13.5.